The molecule has 1 N–H and O–H groups in total. The van der Waals surface area contributed by atoms with Crippen molar-refractivity contribution in [3.8, 4) is 11.8 Å². The smallest absolute Gasteiger partial charge is 0.338 e. The highest BCUT2D eigenvalue weighted by atomic mass is 19.1. The van der Waals surface area contributed by atoms with Crippen LogP contribution >= 0.6 is 0 Å². The summed E-state index contributed by atoms with van der Waals surface area (Å²) in [6.45, 7) is 1.96. The van der Waals surface area contributed by atoms with Crippen LogP contribution in [-0.2, 0) is 9.53 Å². The van der Waals surface area contributed by atoms with E-state index in [0.29, 0.717) is 5.56 Å². The Morgan fingerprint density at radius 1 is 1.44 bits per heavy atom. The number of halogens is 1. The van der Waals surface area contributed by atoms with Gasteiger partial charge in [0.15, 0.2) is 0 Å². The second-order valence-electron chi connectivity index (χ2n) is 3.28. The SMILES string of the molecule is CCOC(=O)CC#Cc1ccc(F)c(C(=O)O)c1. The molecule has 0 unspecified atom stereocenters. The van der Waals surface area contributed by atoms with E-state index in [2.05, 4.69) is 16.6 Å². The zero-order valence-electron chi connectivity index (χ0n) is 9.70. The number of carbonyl (C=O) groups excluding carboxylic acids is 1. The molecule has 0 saturated carbocycles. The van der Waals surface area contributed by atoms with Crippen molar-refractivity contribution in [1.82, 2.24) is 0 Å². The third kappa shape index (κ3) is 3.91. The number of carboxylic acid groups (broad SMARTS) is 1. The van der Waals surface area contributed by atoms with Crippen LogP contribution in [0, 0.1) is 17.7 Å². The highest BCUT2D eigenvalue weighted by Crippen LogP contribution is 2.09. The fraction of sp³-hybridized carbons (Fsp3) is 0.231. The Labute approximate surface area is 103 Å². The maximum Gasteiger partial charge on any atom is 0.338 e. The van der Waals surface area contributed by atoms with Gasteiger partial charge in [-0.15, -0.1) is 0 Å². The topological polar surface area (TPSA) is 63.6 Å². The van der Waals surface area contributed by atoms with Crippen LogP contribution in [0.15, 0.2) is 18.2 Å². The predicted octanol–water partition coefficient (Wildman–Crippen LogP) is 1.83. The Morgan fingerprint density at radius 3 is 2.78 bits per heavy atom. The molecule has 5 heteroatoms. The van der Waals surface area contributed by atoms with Crippen LogP contribution in [0.1, 0.15) is 29.3 Å². The summed E-state index contributed by atoms with van der Waals surface area (Å²) < 4.78 is 17.7. The Kier molecular flexibility index (Phi) is 4.88. The van der Waals surface area contributed by atoms with Gasteiger partial charge in [-0.2, -0.15) is 0 Å². The molecule has 1 aromatic rings. The third-order valence-electron chi connectivity index (χ3n) is 1.97. The van der Waals surface area contributed by atoms with Gasteiger partial charge in [-0.1, -0.05) is 11.8 Å². The molecule has 1 aromatic carbocycles. The molecule has 0 heterocycles. The normalized spacial score (nSPS) is 9.22. The summed E-state index contributed by atoms with van der Waals surface area (Å²) in [5, 5.41) is 8.71. The van der Waals surface area contributed by atoms with Crippen LogP contribution in [0.3, 0.4) is 0 Å². The number of rotatable bonds is 3. The summed E-state index contributed by atoms with van der Waals surface area (Å²) in [7, 11) is 0. The van der Waals surface area contributed by atoms with Crippen molar-refractivity contribution in [3.05, 3.63) is 35.1 Å². The summed E-state index contributed by atoms with van der Waals surface area (Å²) in [4.78, 5) is 21.7. The van der Waals surface area contributed by atoms with Gasteiger partial charge in [0, 0.05) is 5.56 Å². The van der Waals surface area contributed by atoms with E-state index >= 15 is 0 Å². The summed E-state index contributed by atoms with van der Waals surface area (Å²) in [6.07, 6.45) is -0.0897. The Morgan fingerprint density at radius 2 is 2.17 bits per heavy atom. The first-order chi connectivity index (χ1) is 8.54. The Bertz CT molecular complexity index is 526. The first-order valence-electron chi connectivity index (χ1n) is 5.22. The molecule has 0 aliphatic rings. The molecule has 0 spiro atoms. The first-order valence-corrected chi connectivity index (χ1v) is 5.22. The van der Waals surface area contributed by atoms with Crippen LogP contribution in [0.4, 0.5) is 4.39 Å². The number of hydrogen-bond acceptors (Lipinski definition) is 3. The standard InChI is InChI=1S/C13H11FO4/c1-2-18-12(15)5-3-4-9-6-7-11(14)10(8-9)13(16)17/h6-8H,2,5H2,1H3,(H,16,17). The molecule has 0 aliphatic carbocycles. The van der Waals surface area contributed by atoms with Gasteiger partial charge in [0.05, 0.1) is 12.2 Å². The van der Waals surface area contributed by atoms with Crippen molar-refractivity contribution in [2.24, 2.45) is 0 Å². The van der Waals surface area contributed by atoms with E-state index in [1.807, 2.05) is 0 Å². The molecule has 0 atom stereocenters. The lowest BCUT2D eigenvalue weighted by Gasteiger charge is -1.98. The predicted molar refractivity (Wildman–Crippen MR) is 61.5 cm³/mol. The van der Waals surface area contributed by atoms with Gasteiger partial charge in [0.1, 0.15) is 12.2 Å². The largest absolute Gasteiger partial charge is 0.478 e. The van der Waals surface area contributed by atoms with E-state index in [-0.39, 0.29) is 13.0 Å². The minimum atomic E-state index is -1.36. The average molecular weight is 250 g/mol. The fourth-order valence-electron chi connectivity index (χ4n) is 1.20. The van der Waals surface area contributed by atoms with Crippen molar-refractivity contribution in [1.29, 1.82) is 0 Å². The van der Waals surface area contributed by atoms with Gasteiger partial charge in [0.25, 0.3) is 0 Å². The summed E-state index contributed by atoms with van der Waals surface area (Å²) in [6, 6.07) is 3.49. The van der Waals surface area contributed by atoms with Gasteiger partial charge < -0.3 is 9.84 Å². The van der Waals surface area contributed by atoms with Crippen LogP contribution < -0.4 is 0 Å². The quantitative estimate of drug-likeness (QED) is 0.656. The first kappa shape index (κ1) is 13.7. The van der Waals surface area contributed by atoms with Gasteiger partial charge in [-0.25, -0.2) is 9.18 Å². The number of hydrogen-bond donors (Lipinski definition) is 1. The van der Waals surface area contributed by atoms with E-state index in [1.165, 1.54) is 6.07 Å². The van der Waals surface area contributed by atoms with E-state index in [4.69, 9.17) is 5.11 Å². The molecule has 1 rings (SSSR count). The fourth-order valence-corrected chi connectivity index (χ4v) is 1.20. The molecule has 0 fully saturated rings. The molecule has 4 nitrogen and oxygen atoms in total. The second-order valence-corrected chi connectivity index (χ2v) is 3.28. The van der Waals surface area contributed by atoms with Crippen molar-refractivity contribution in [2.45, 2.75) is 13.3 Å². The van der Waals surface area contributed by atoms with E-state index in [0.717, 1.165) is 12.1 Å². The number of carboxylic acids is 1. The van der Waals surface area contributed by atoms with Crippen LogP contribution in [0.2, 0.25) is 0 Å². The van der Waals surface area contributed by atoms with Crippen molar-refractivity contribution in [2.75, 3.05) is 6.61 Å². The van der Waals surface area contributed by atoms with E-state index in [9.17, 15) is 14.0 Å². The van der Waals surface area contributed by atoms with Gasteiger partial charge in [-0.05, 0) is 25.1 Å². The minimum absolute atomic E-state index is 0.0897. The molecule has 0 amide bonds. The maximum atomic E-state index is 13.1. The van der Waals surface area contributed by atoms with Gasteiger partial charge >= 0.3 is 11.9 Å². The van der Waals surface area contributed by atoms with E-state index in [1.54, 1.807) is 6.92 Å². The molecular formula is C13H11FO4. The number of esters is 1. The van der Waals surface area contributed by atoms with Gasteiger partial charge in [0.2, 0.25) is 0 Å². The summed E-state index contributed by atoms with van der Waals surface area (Å²) in [5.74, 6) is 2.47. The van der Waals surface area contributed by atoms with E-state index < -0.39 is 23.3 Å². The maximum absolute atomic E-state index is 13.1. The third-order valence-corrected chi connectivity index (χ3v) is 1.97. The molecule has 0 aliphatic heterocycles. The van der Waals surface area contributed by atoms with Gasteiger partial charge in [-0.3, -0.25) is 4.79 Å². The Balaban J connectivity index is 2.80. The zero-order chi connectivity index (χ0) is 13.5. The average Bonchev–Trinajstić information content (AvgIpc) is 2.31. The van der Waals surface area contributed by atoms with Crippen LogP contribution in [0.25, 0.3) is 0 Å². The van der Waals surface area contributed by atoms with Crippen LogP contribution in [0.5, 0.6) is 0 Å². The number of carbonyl (C=O) groups is 2. The monoisotopic (exact) mass is 250 g/mol. The van der Waals surface area contributed by atoms with Crippen molar-refractivity contribution in [3.63, 3.8) is 0 Å². The lowest BCUT2D eigenvalue weighted by atomic mass is 10.1. The highest BCUT2D eigenvalue weighted by Gasteiger charge is 2.09. The molecule has 0 aromatic heterocycles. The minimum Gasteiger partial charge on any atom is -0.478 e. The lowest BCUT2D eigenvalue weighted by molar-refractivity contribution is -0.141. The number of benzene rings is 1. The highest BCUT2D eigenvalue weighted by molar-refractivity contribution is 5.88. The Hall–Kier alpha value is -2.35. The van der Waals surface area contributed by atoms with Crippen molar-refractivity contribution >= 4 is 11.9 Å². The molecule has 18 heavy (non-hydrogen) atoms. The molecule has 0 bridgehead atoms. The number of ether oxygens (including phenoxy) is 1. The van der Waals surface area contributed by atoms with Crippen LogP contribution in [-0.4, -0.2) is 23.7 Å². The molecule has 0 radical (unpaired) electrons. The van der Waals surface area contributed by atoms with Crippen molar-refractivity contribution < 1.29 is 23.8 Å². The summed E-state index contributed by atoms with van der Waals surface area (Å²) in [5.41, 5.74) is -0.115. The lowest BCUT2D eigenvalue weighted by Crippen LogP contribution is -2.02. The molecular weight excluding hydrogens is 239 g/mol. The zero-order valence-corrected chi connectivity index (χ0v) is 9.70. The molecule has 0 saturated heterocycles. The summed E-state index contributed by atoms with van der Waals surface area (Å²) >= 11 is 0. The molecule has 94 valence electrons. The number of aromatic carboxylic acids is 1. The second kappa shape index (κ2) is 6.40.